The number of anilines is 2. The van der Waals surface area contributed by atoms with Crippen LogP contribution < -0.4 is 10.1 Å². The van der Waals surface area contributed by atoms with E-state index in [2.05, 4.69) is 45.1 Å². The van der Waals surface area contributed by atoms with Gasteiger partial charge in [0, 0.05) is 36.8 Å². The summed E-state index contributed by atoms with van der Waals surface area (Å²) in [6.07, 6.45) is 4.22. The monoisotopic (exact) mass is 419 g/mol. The number of hydrogen-bond acceptors (Lipinski definition) is 7. The van der Waals surface area contributed by atoms with Gasteiger partial charge in [-0.05, 0) is 51.0 Å². The Morgan fingerprint density at radius 1 is 1.07 bits per heavy atom. The molecule has 2 aromatic carbocycles. The second-order valence-corrected chi connectivity index (χ2v) is 9.00. The Morgan fingerprint density at radius 2 is 1.90 bits per heavy atom. The van der Waals surface area contributed by atoms with Crippen LogP contribution in [0, 0.1) is 0 Å². The van der Waals surface area contributed by atoms with Crippen molar-refractivity contribution in [2.45, 2.75) is 38.8 Å². The largest absolute Gasteiger partial charge is 0.490 e. The van der Waals surface area contributed by atoms with Crippen LogP contribution in [-0.4, -0.2) is 45.1 Å². The standard InChI is InChI=1S/C23H25N5OS/c1-15(2)28-11-9-17(10-12-28)29-18-8-7-16-14-24-22(25-20(16)13-18)27-23-26-19-5-3-4-6-21(19)30-23/h3-8,13-15,17H,9-12H2,1-2H3,(H,24,25,26,27). The summed E-state index contributed by atoms with van der Waals surface area (Å²) >= 11 is 1.60. The number of benzene rings is 2. The molecule has 1 saturated heterocycles. The quantitative estimate of drug-likeness (QED) is 0.478. The number of hydrogen-bond donors (Lipinski definition) is 1. The SMILES string of the molecule is CC(C)N1CCC(Oc2ccc3cnc(Nc4nc5ccccc5s4)nc3c2)CC1. The highest BCUT2D eigenvalue weighted by molar-refractivity contribution is 7.22. The molecule has 0 aliphatic carbocycles. The third-order valence-electron chi connectivity index (χ3n) is 5.58. The van der Waals surface area contributed by atoms with Crippen LogP contribution in [0.5, 0.6) is 5.75 Å². The molecule has 0 radical (unpaired) electrons. The van der Waals surface area contributed by atoms with Gasteiger partial charge in [-0.3, -0.25) is 5.32 Å². The maximum atomic E-state index is 6.27. The zero-order valence-electron chi connectivity index (χ0n) is 17.2. The fourth-order valence-corrected chi connectivity index (χ4v) is 4.72. The molecule has 0 unspecified atom stereocenters. The molecule has 6 nitrogen and oxygen atoms in total. The topological polar surface area (TPSA) is 63.2 Å². The lowest BCUT2D eigenvalue weighted by Gasteiger charge is -2.34. The van der Waals surface area contributed by atoms with Gasteiger partial charge in [0.25, 0.3) is 0 Å². The second-order valence-electron chi connectivity index (χ2n) is 7.97. The summed E-state index contributed by atoms with van der Waals surface area (Å²) in [5.41, 5.74) is 1.84. The Balaban J connectivity index is 1.31. The van der Waals surface area contributed by atoms with E-state index in [0.717, 1.165) is 57.9 Å². The number of fused-ring (bicyclic) bond motifs is 2. The van der Waals surface area contributed by atoms with Gasteiger partial charge in [0.2, 0.25) is 5.95 Å². The molecule has 7 heteroatoms. The first-order chi connectivity index (χ1) is 14.6. The summed E-state index contributed by atoms with van der Waals surface area (Å²) in [5, 5.41) is 5.02. The molecule has 154 valence electrons. The molecule has 0 atom stereocenters. The minimum Gasteiger partial charge on any atom is -0.490 e. The predicted molar refractivity (Wildman–Crippen MR) is 123 cm³/mol. The van der Waals surface area contributed by atoms with Gasteiger partial charge < -0.3 is 9.64 Å². The van der Waals surface area contributed by atoms with E-state index in [1.807, 2.05) is 42.6 Å². The predicted octanol–water partition coefficient (Wildman–Crippen LogP) is 5.23. The van der Waals surface area contributed by atoms with Gasteiger partial charge >= 0.3 is 0 Å². The summed E-state index contributed by atoms with van der Waals surface area (Å²) in [5.74, 6) is 1.42. The maximum absolute atomic E-state index is 6.27. The normalized spacial score (nSPS) is 15.8. The lowest BCUT2D eigenvalue weighted by molar-refractivity contribution is 0.0844. The number of aromatic nitrogens is 3. The minimum atomic E-state index is 0.264. The highest BCUT2D eigenvalue weighted by Crippen LogP contribution is 2.28. The zero-order valence-corrected chi connectivity index (χ0v) is 18.0. The van der Waals surface area contributed by atoms with Crippen molar-refractivity contribution < 1.29 is 4.74 Å². The molecule has 0 bridgehead atoms. The van der Waals surface area contributed by atoms with Crippen LogP contribution >= 0.6 is 11.3 Å². The number of thiazole rings is 1. The number of piperidine rings is 1. The number of rotatable bonds is 5. The van der Waals surface area contributed by atoms with Crippen LogP contribution in [0.3, 0.4) is 0 Å². The Morgan fingerprint density at radius 3 is 2.70 bits per heavy atom. The molecule has 1 fully saturated rings. The molecule has 4 aromatic rings. The Hall–Kier alpha value is -2.77. The lowest BCUT2D eigenvalue weighted by Crippen LogP contribution is -2.41. The van der Waals surface area contributed by atoms with Crippen molar-refractivity contribution in [1.82, 2.24) is 19.9 Å². The van der Waals surface area contributed by atoms with Crippen LogP contribution in [0.25, 0.3) is 21.1 Å². The first-order valence-electron chi connectivity index (χ1n) is 10.4. The van der Waals surface area contributed by atoms with E-state index in [9.17, 15) is 0 Å². The number of nitrogens with zero attached hydrogens (tertiary/aromatic N) is 4. The van der Waals surface area contributed by atoms with Gasteiger partial charge in [0.15, 0.2) is 5.13 Å². The molecule has 30 heavy (non-hydrogen) atoms. The maximum Gasteiger partial charge on any atom is 0.229 e. The first kappa shape index (κ1) is 19.2. The average molecular weight is 420 g/mol. The van der Waals surface area contributed by atoms with Crippen molar-refractivity contribution in [3.63, 3.8) is 0 Å². The Bertz CT molecular complexity index is 1130. The third kappa shape index (κ3) is 4.08. The molecule has 2 aromatic heterocycles. The highest BCUT2D eigenvalue weighted by Gasteiger charge is 2.22. The van der Waals surface area contributed by atoms with E-state index < -0.39 is 0 Å². The molecule has 0 spiro atoms. The minimum absolute atomic E-state index is 0.264. The number of likely N-dealkylation sites (tertiary alicyclic amines) is 1. The highest BCUT2D eigenvalue weighted by atomic mass is 32.1. The molecule has 1 aliphatic rings. The molecular formula is C23H25N5OS. The van der Waals surface area contributed by atoms with Gasteiger partial charge in [-0.2, -0.15) is 0 Å². The molecule has 0 amide bonds. The van der Waals surface area contributed by atoms with E-state index in [-0.39, 0.29) is 6.10 Å². The van der Waals surface area contributed by atoms with E-state index in [0.29, 0.717) is 12.0 Å². The average Bonchev–Trinajstić information content (AvgIpc) is 3.16. The molecule has 3 heterocycles. The van der Waals surface area contributed by atoms with Crippen molar-refractivity contribution in [3.8, 4) is 5.75 Å². The van der Waals surface area contributed by atoms with Crippen LogP contribution in [0.4, 0.5) is 11.1 Å². The number of ether oxygens (including phenoxy) is 1. The van der Waals surface area contributed by atoms with E-state index >= 15 is 0 Å². The van der Waals surface area contributed by atoms with E-state index in [4.69, 9.17) is 4.74 Å². The smallest absolute Gasteiger partial charge is 0.229 e. The van der Waals surface area contributed by atoms with Crippen LogP contribution in [0.1, 0.15) is 26.7 Å². The lowest BCUT2D eigenvalue weighted by atomic mass is 10.1. The molecule has 1 N–H and O–H groups in total. The van der Waals surface area contributed by atoms with Crippen LogP contribution in [0.15, 0.2) is 48.7 Å². The van der Waals surface area contributed by atoms with E-state index in [1.165, 1.54) is 0 Å². The van der Waals surface area contributed by atoms with Crippen molar-refractivity contribution in [2.75, 3.05) is 18.4 Å². The number of para-hydroxylation sites is 1. The van der Waals surface area contributed by atoms with Gasteiger partial charge in [-0.25, -0.2) is 15.0 Å². The van der Waals surface area contributed by atoms with Crippen LogP contribution in [-0.2, 0) is 0 Å². The van der Waals surface area contributed by atoms with E-state index in [1.54, 1.807) is 11.3 Å². The van der Waals surface area contributed by atoms with Crippen molar-refractivity contribution >= 4 is 43.5 Å². The fraction of sp³-hybridized carbons (Fsp3) is 0.348. The second kappa shape index (κ2) is 8.16. The van der Waals surface area contributed by atoms with Gasteiger partial charge in [0.05, 0.1) is 15.7 Å². The molecular weight excluding hydrogens is 394 g/mol. The fourth-order valence-electron chi connectivity index (χ4n) is 3.86. The summed E-state index contributed by atoms with van der Waals surface area (Å²) < 4.78 is 7.41. The van der Waals surface area contributed by atoms with Crippen molar-refractivity contribution in [1.29, 1.82) is 0 Å². The molecule has 0 saturated carbocycles. The van der Waals surface area contributed by atoms with Crippen LogP contribution in [0.2, 0.25) is 0 Å². The molecule has 1 aliphatic heterocycles. The Labute approximate surface area is 179 Å². The summed E-state index contributed by atoms with van der Waals surface area (Å²) in [6.45, 7) is 6.69. The summed E-state index contributed by atoms with van der Waals surface area (Å²) in [6, 6.07) is 14.7. The summed E-state index contributed by atoms with van der Waals surface area (Å²) in [7, 11) is 0. The van der Waals surface area contributed by atoms with Crippen molar-refractivity contribution in [3.05, 3.63) is 48.7 Å². The van der Waals surface area contributed by atoms with Crippen molar-refractivity contribution in [2.24, 2.45) is 0 Å². The zero-order chi connectivity index (χ0) is 20.5. The summed E-state index contributed by atoms with van der Waals surface area (Å²) in [4.78, 5) is 16.2. The third-order valence-corrected chi connectivity index (χ3v) is 6.53. The first-order valence-corrected chi connectivity index (χ1v) is 11.3. The number of nitrogens with one attached hydrogen (secondary N) is 1. The van der Waals surface area contributed by atoms with Gasteiger partial charge in [0.1, 0.15) is 11.9 Å². The molecule has 5 rings (SSSR count). The Kier molecular flexibility index (Phi) is 5.23. The van der Waals surface area contributed by atoms with Gasteiger partial charge in [-0.15, -0.1) is 0 Å². The van der Waals surface area contributed by atoms with Gasteiger partial charge in [-0.1, -0.05) is 23.5 Å².